The molecule has 1 N–H and O–H groups in total. The number of benzene rings is 1. The summed E-state index contributed by atoms with van der Waals surface area (Å²) in [4.78, 5) is 6.51. The number of pyridine rings is 1. The Bertz CT molecular complexity index is 873. The van der Waals surface area contributed by atoms with Crippen molar-refractivity contribution in [2.75, 3.05) is 20.6 Å². The molecule has 0 aliphatic rings. The van der Waals surface area contributed by atoms with E-state index in [0.29, 0.717) is 0 Å². The molecular formula is C19H25IN6. The second-order valence-electron chi connectivity index (χ2n) is 6.05. The van der Waals surface area contributed by atoms with Crippen LogP contribution in [0.5, 0.6) is 0 Å². The third-order valence-electron chi connectivity index (χ3n) is 4.26. The first-order valence-electron chi connectivity index (χ1n) is 8.44. The van der Waals surface area contributed by atoms with Crippen molar-refractivity contribution < 1.29 is 0 Å². The minimum absolute atomic E-state index is 0. The average Bonchev–Trinajstić information content (AvgIpc) is 3.04. The SMILES string of the molecule is CN=C(NCCc1nnc2ccccn12)N(C)Cc1ccccc1C.I. The van der Waals surface area contributed by atoms with Crippen LogP contribution < -0.4 is 5.32 Å². The maximum atomic E-state index is 4.38. The second kappa shape index (κ2) is 9.51. The Balaban J connectivity index is 0.00000243. The Morgan fingerprint density at radius 3 is 2.69 bits per heavy atom. The Hall–Kier alpha value is -2.16. The van der Waals surface area contributed by atoms with Crippen molar-refractivity contribution in [2.45, 2.75) is 19.9 Å². The van der Waals surface area contributed by atoms with E-state index in [1.165, 1.54) is 11.1 Å². The molecule has 0 radical (unpaired) electrons. The minimum Gasteiger partial charge on any atom is -0.356 e. The maximum Gasteiger partial charge on any atom is 0.193 e. The van der Waals surface area contributed by atoms with Crippen molar-refractivity contribution in [1.29, 1.82) is 0 Å². The zero-order valence-corrected chi connectivity index (χ0v) is 17.7. The van der Waals surface area contributed by atoms with Crippen molar-refractivity contribution in [3.05, 3.63) is 65.6 Å². The monoisotopic (exact) mass is 464 g/mol. The summed E-state index contributed by atoms with van der Waals surface area (Å²) >= 11 is 0. The summed E-state index contributed by atoms with van der Waals surface area (Å²) in [7, 11) is 3.86. The first kappa shape index (κ1) is 20.2. The first-order chi connectivity index (χ1) is 12.2. The van der Waals surface area contributed by atoms with E-state index in [1.54, 1.807) is 0 Å². The highest BCUT2D eigenvalue weighted by Gasteiger charge is 2.09. The lowest BCUT2D eigenvalue weighted by atomic mass is 10.1. The number of hydrogen-bond acceptors (Lipinski definition) is 3. The van der Waals surface area contributed by atoms with E-state index >= 15 is 0 Å². The van der Waals surface area contributed by atoms with E-state index in [9.17, 15) is 0 Å². The molecule has 0 saturated heterocycles. The molecule has 0 spiro atoms. The number of fused-ring (bicyclic) bond motifs is 1. The van der Waals surface area contributed by atoms with E-state index in [0.717, 1.165) is 36.9 Å². The number of aromatic nitrogens is 3. The zero-order valence-electron chi connectivity index (χ0n) is 15.4. The summed E-state index contributed by atoms with van der Waals surface area (Å²) in [6, 6.07) is 14.3. The predicted molar refractivity (Wildman–Crippen MR) is 116 cm³/mol. The molecule has 6 nitrogen and oxygen atoms in total. The Kier molecular flexibility index (Phi) is 7.38. The molecule has 0 unspecified atom stereocenters. The van der Waals surface area contributed by atoms with Crippen LogP contribution in [0.3, 0.4) is 0 Å². The fourth-order valence-electron chi connectivity index (χ4n) is 2.85. The predicted octanol–water partition coefficient (Wildman–Crippen LogP) is 2.91. The lowest BCUT2D eigenvalue weighted by Crippen LogP contribution is -2.39. The molecular weight excluding hydrogens is 439 g/mol. The van der Waals surface area contributed by atoms with Gasteiger partial charge in [-0.2, -0.15) is 0 Å². The molecule has 2 heterocycles. The van der Waals surface area contributed by atoms with E-state index < -0.39 is 0 Å². The summed E-state index contributed by atoms with van der Waals surface area (Å²) in [6.07, 6.45) is 2.77. The molecule has 0 atom stereocenters. The van der Waals surface area contributed by atoms with Crippen molar-refractivity contribution in [1.82, 2.24) is 24.8 Å². The molecule has 7 heteroatoms. The molecule has 0 amide bonds. The van der Waals surface area contributed by atoms with Crippen molar-refractivity contribution >= 4 is 35.6 Å². The zero-order chi connectivity index (χ0) is 17.6. The first-order valence-corrected chi connectivity index (χ1v) is 8.44. The minimum atomic E-state index is 0. The Morgan fingerprint density at radius 2 is 1.92 bits per heavy atom. The van der Waals surface area contributed by atoms with Crippen LogP contribution >= 0.6 is 24.0 Å². The van der Waals surface area contributed by atoms with Gasteiger partial charge in [-0.25, -0.2) is 0 Å². The third-order valence-corrected chi connectivity index (χ3v) is 4.26. The second-order valence-corrected chi connectivity index (χ2v) is 6.05. The quantitative estimate of drug-likeness (QED) is 0.359. The van der Waals surface area contributed by atoms with Crippen LogP contribution in [0.25, 0.3) is 5.65 Å². The number of rotatable bonds is 5. The van der Waals surface area contributed by atoms with Crippen LogP contribution in [-0.4, -0.2) is 46.1 Å². The Labute approximate surface area is 171 Å². The van der Waals surface area contributed by atoms with Gasteiger partial charge in [-0.3, -0.25) is 9.39 Å². The molecule has 3 rings (SSSR count). The third kappa shape index (κ3) is 4.72. The van der Waals surface area contributed by atoms with Gasteiger partial charge in [0.2, 0.25) is 0 Å². The summed E-state index contributed by atoms with van der Waals surface area (Å²) in [5.74, 6) is 1.82. The number of nitrogens with one attached hydrogen (secondary N) is 1. The number of aryl methyl sites for hydroxylation is 1. The van der Waals surface area contributed by atoms with Crippen molar-refractivity contribution in [3.63, 3.8) is 0 Å². The molecule has 0 fully saturated rings. The van der Waals surface area contributed by atoms with Crippen molar-refractivity contribution in [3.8, 4) is 0 Å². The highest BCUT2D eigenvalue weighted by atomic mass is 127. The molecule has 0 bridgehead atoms. The number of aliphatic imine (C=N–C) groups is 1. The van der Waals surface area contributed by atoms with Gasteiger partial charge in [0.15, 0.2) is 11.6 Å². The molecule has 0 saturated carbocycles. The number of guanidine groups is 1. The number of halogens is 1. The molecule has 0 aliphatic heterocycles. The number of hydrogen-bond donors (Lipinski definition) is 1. The van der Waals surface area contributed by atoms with Gasteiger partial charge < -0.3 is 10.2 Å². The summed E-state index contributed by atoms with van der Waals surface area (Å²) in [6.45, 7) is 3.70. The van der Waals surface area contributed by atoms with Crippen LogP contribution in [0.1, 0.15) is 17.0 Å². The van der Waals surface area contributed by atoms with E-state index in [2.05, 4.69) is 56.6 Å². The highest BCUT2D eigenvalue weighted by Crippen LogP contribution is 2.09. The van der Waals surface area contributed by atoms with E-state index in [1.807, 2.05) is 42.9 Å². The topological polar surface area (TPSA) is 57.8 Å². The van der Waals surface area contributed by atoms with Crippen molar-refractivity contribution in [2.24, 2.45) is 4.99 Å². The number of nitrogens with zero attached hydrogens (tertiary/aromatic N) is 5. The average molecular weight is 464 g/mol. The maximum absolute atomic E-state index is 4.38. The van der Waals surface area contributed by atoms with E-state index in [-0.39, 0.29) is 24.0 Å². The summed E-state index contributed by atoms with van der Waals surface area (Å²) in [5, 5.41) is 11.9. The van der Waals surface area contributed by atoms with E-state index in [4.69, 9.17) is 0 Å². The van der Waals surface area contributed by atoms with Gasteiger partial charge in [-0.05, 0) is 30.2 Å². The molecule has 1 aromatic carbocycles. The standard InChI is InChI=1S/C19H24N6.HI/c1-15-8-4-5-9-16(15)14-24(3)19(20-2)21-12-11-18-23-22-17-10-6-7-13-25(17)18;/h4-10,13H,11-12,14H2,1-3H3,(H,20,21);1H. The van der Waals surface area contributed by atoms with Gasteiger partial charge in [-0.1, -0.05) is 30.3 Å². The van der Waals surface area contributed by atoms with Gasteiger partial charge in [0.1, 0.15) is 5.82 Å². The lowest BCUT2D eigenvalue weighted by Gasteiger charge is -2.23. The smallest absolute Gasteiger partial charge is 0.193 e. The fraction of sp³-hybridized carbons (Fsp3) is 0.316. The Morgan fingerprint density at radius 1 is 1.15 bits per heavy atom. The van der Waals surface area contributed by atoms with Gasteiger partial charge in [0.25, 0.3) is 0 Å². The van der Waals surface area contributed by atoms with Crippen LogP contribution in [-0.2, 0) is 13.0 Å². The van der Waals surface area contributed by atoms with Crippen LogP contribution in [0.4, 0.5) is 0 Å². The van der Waals surface area contributed by atoms with Gasteiger partial charge >= 0.3 is 0 Å². The van der Waals surface area contributed by atoms with Crippen LogP contribution in [0.2, 0.25) is 0 Å². The lowest BCUT2D eigenvalue weighted by molar-refractivity contribution is 0.475. The van der Waals surface area contributed by atoms with Gasteiger partial charge in [0.05, 0.1) is 0 Å². The summed E-state index contributed by atoms with van der Waals surface area (Å²) in [5.41, 5.74) is 3.47. The highest BCUT2D eigenvalue weighted by molar-refractivity contribution is 14.0. The molecule has 2 aromatic heterocycles. The van der Waals surface area contributed by atoms with Gasteiger partial charge in [0, 0.05) is 39.8 Å². The molecule has 26 heavy (non-hydrogen) atoms. The summed E-state index contributed by atoms with van der Waals surface area (Å²) < 4.78 is 2.02. The molecule has 0 aliphatic carbocycles. The molecule has 138 valence electrons. The normalized spacial score (nSPS) is 11.3. The largest absolute Gasteiger partial charge is 0.356 e. The van der Waals surface area contributed by atoms with Crippen LogP contribution in [0.15, 0.2) is 53.7 Å². The fourth-order valence-corrected chi connectivity index (χ4v) is 2.85. The van der Waals surface area contributed by atoms with Crippen LogP contribution in [0, 0.1) is 6.92 Å². The molecule has 3 aromatic rings. The van der Waals surface area contributed by atoms with Gasteiger partial charge in [-0.15, -0.1) is 34.2 Å².